The van der Waals surface area contributed by atoms with Gasteiger partial charge in [0.1, 0.15) is 15.5 Å². The Balaban J connectivity index is 1.53. The number of nitrogens with one attached hydrogen (secondary N) is 1. The third-order valence-electron chi connectivity index (χ3n) is 4.94. The molecular weight excluding hydrogens is 478 g/mol. The van der Waals surface area contributed by atoms with Gasteiger partial charge in [-0.2, -0.15) is 4.31 Å². The summed E-state index contributed by atoms with van der Waals surface area (Å²) in [5.41, 5.74) is 1.43. The van der Waals surface area contributed by atoms with E-state index in [2.05, 4.69) is 10.3 Å². The molecule has 0 saturated carbocycles. The van der Waals surface area contributed by atoms with Gasteiger partial charge >= 0.3 is 0 Å². The van der Waals surface area contributed by atoms with Crippen molar-refractivity contribution in [3.05, 3.63) is 44.9 Å². The monoisotopic (exact) mass is 497 g/mol. The maximum absolute atomic E-state index is 13.0. The van der Waals surface area contributed by atoms with E-state index in [1.54, 1.807) is 30.0 Å². The van der Waals surface area contributed by atoms with Crippen LogP contribution in [-0.4, -0.2) is 43.8 Å². The van der Waals surface area contributed by atoms with Gasteiger partial charge in [0.25, 0.3) is 5.91 Å². The van der Waals surface area contributed by atoms with Crippen molar-refractivity contribution in [3.63, 3.8) is 0 Å². The summed E-state index contributed by atoms with van der Waals surface area (Å²) in [7, 11) is -2.15. The summed E-state index contributed by atoms with van der Waals surface area (Å²) in [6.07, 6.45) is 2.69. The van der Waals surface area contributed by atoms with Gasteiger partial charge in [0, 0.05) is 24.0 Å². The molecule has 11 heteroatoms. The van der Waals surface area contributed by atoms with E-state index >= 15 is 0 Å². The number of thiophene rings is 1. The van der Waals surface area contributed by atoms with Gasteiger partial charge < -0.3 is 4.74 Å². The maximum atomic E-state index is 13.0. The maximum Gasteiger partial charge on any atom is 0.268 e. The van der Waals surface area contributed by atoms with Gasteiger partial charge in [0.15, 0.2) is 5.13 Å². The van der Waals surface area contributed by atoms with Crippen LogP contribution < -0.4 is 10.1 Å². The first-order chi connectivity index (χ1) is 14.9. The first-order valence-corrected chi connectivity index (χ1v) is 13.2. The lowest BCUT2D eigenvalue weighted by atomic mass is 10.2. The van der Waals surface area contributed by atoms with E-state index in [4.69, 9.17) is 16.3 Å². The molecule has 3 aromatic rings. The molecule has 7 nitrogen and oxygen atoms in total. The summed E-state index contributed by atoms with van der Waals surface area (Å²) >= 11 is 8.54. The Bertz CT molecular complexity index is 1200. The number of carbonyl (C=O) groups is 1. The predicted octanol–water partition coefficient (Wildman–Crippen LogP) is 4.96. The number of halogens is 1. The van der Waals surface area contributed by atoms with Gasteiger partial charge in [0.05, 0.1) is 17.8 Å². The number of amides is 1. The predicted molar refractivity (Wildman–Crippen MR) is 124 cm³/mol. The smallest absolute Gasteiger partial charge is 0.268 e. The molecule has 1 N–H and O–H groups in total. The lowest BCUT2D eigenvalue weighted by Crippen LogP contribution is -2.36. The molecular formula is C20H20ClN3O4S3. The summed E-state index contributed by atoms with van der Waals surface area (Å²) in [5, 5.41) is 6.99. The van der Waals surface area contributed by atoms with Gasteiger partial charge in [-0.1, -0.05) is 18.0 Å². The molecule has 0 atom stereocenters. The Morgan fingerprint density at radius 2 is 1.97 bits per heavy atom. The summed E-state index contributed by atoms with van der Waals surface area (Å²) in [6.45, 7) is 0.971. The molecule has 4 rings (SSSR count). The van der Waals surface area contributed by atoms with E-state index in [-0.39, 0.29) is 9.77 Å². The van der Waals surface area contributed by atoms with E-state index in [0.717, 1.165) is 36.2 Å². The minimum Gasteiger partial charge on any atom is -0.495 e. The Morgan fingerprint density at radius 1 is 1.19 bits per heavy atom. The fraction of sp³-hybridized carbons (Fsp3) is 0.300. The summed E-state index contributed by atoms with van der Waals surface area (Å²) in [5.74, 6) is 0.0774. The number of thiazole rings is 1. The van der Waals surface area contributed by atoms with Gasteiger partial charge in [-0.15, -0.1) is 22.7 Å². The Kier molecular flexibility index (Phi) is 6.63. The zero-order chi connectivity index (χ0) is 22.0. The molecule has 0 unspecified atom stereocenters. The lowest BCUT2D eigenvalue weighted by Gasteiger charge is -2.25. The molecule has 164 valence electrons. The number of benzene rings is 1. The molecule has 1 aliphatic rings. The second-order valence-corrected chi connectivity index (χ2v) is 11.0. The topological polar surface area (TPSA) is 88.6 Å². The van der Waals surface area contributed by atoms with Gasteiger partial charge in [-0.3, -0.25) is 10.1 Å². The van der Waals surface area contributed by atoms with Crippen LogP contribution in [0.25, 0.3) is 11.3 Å². The van der Waals surface area contributed by atoms with Crippen LogP contribution in [0.4, 0.5) is 5.13 Å². The van der Waals surface area contributed by atoms with E-state index in [9.17, 15) is 13.2 Å². The van der Waals surface area contributed by atoms with E-state index in [1.165, 1.54) is 21.7 Å². The highest BCUT2D eigenvalue weighted by atomic mass is 35.5. The number of ether oxygens (including phenoxy) is 1. The highest BCUT2D eigenvalue weighted by Gasteiger charge is 2.31. The lowest BCUT2D eigenvalue weighted by molar-refractivity contribution is 0.102. The molecule has 0 radical (unpaired) electrons. The standard InChI is InChI=1S/C20H20ClN3O4S3/c1-28-16-6-5-13(11-14(16)21)15-12-30-20(22-15)23-19(25)18-17(7-10-29-18)31(26,27)24-8-3-2-4-9-24/h5-7,10-12H,2-4,8-9H2,1H3,(H,22,23,25). The van der Waals surface area contributed by atoms with Crippen molar-refractivity contribution in [2.45, 2.75) is 24.2 Å². The molecule has 3 heterocycles. The average molecular weight is 498 g/mol. The first-order valence-electron chi connectivity index (χ1n) is 9.58. The number of carbonyl (C=O) groups excluding carboxylic acids is 1. The number of hydrogen-bond donors (Lipinski definition) is 1. The van der Waals surface area contributed by atoms with Crippen LogP contribution in [0.3, 0.4) is 0 Å². The SMILES string of the molecule is COc1ccc(-c2csc(NC(=O)c3sccc3S(=O)(=O)N3CCCCC3)n2)cc1Cl. The second-order valence-electron chi connectivity index (χ2n) is 6.92. The summed E-state index contributed by atoms with van der Waals surface area (Å²) < 4.78 is 32.7. The van der Waals surface area contributed by atoms with Crippen molar-refractivity contribution in [1.29, 1.82) is 0 Å². The number of hydrogen-bond acceptors (Lipinski definition) is 7. The summed E-state index contributed by atoms with van der Waals surface area (Å²) in [4.78, 5) is 17.5. The quantitative estimate of drug-likeness (QED) is 0.520. The van der Waals surface area contributed by atoms with Crippen LogP contribution in [0.15, 0.2) is 39.9 Å². The largest absolute Gasteiger partial charge is 0.495 e. The molecule has 31 heavy (non-hydrogen) atoms. The van der Waals surface area contributed by atoms with Gasteiger partial charge in [-0.25, -0.2) is 13.4 Å². The molecule has 1 saturated heterocycles. The third-order valence-corrected chi connectivity index (χ3v) is 8.98. The highest BCUT2D eigenvalue weighted by Crippen LogP contribution is 2.33. The van der Waals surface area contributed by atoms with E-state index in [0.29, 0.717) is 34.7 Å². The molecule has 1 fully saturated rings. The Morgan fingerprint density at radius 3 is 2.68 bits per heavy atom. The van der Waals surface area contributed by atoms with Crippen LogP contribution in [-0.2, 0) is 10.0 Å². The van der Waals surface area contributed by atoms with Crippen molar-refractivity contribution in [2.75, 3.05) is 25.5 Å². The van der Waals surface area contributed by atoms with Crippen LogP contribution in [0.2, 0.25) is 5.02 Å². The van der Waals surface area contributed by atoms with Crippen LogP contribution in [0.1, 0.15) is 28.9 Å². The number of methoxy groups -OCH3 is 1. The van der Waals surface area contributed by atoms with Crippen LogP contribution in [0, 0.1) is 0 Å². The Labute approximate surface area is 193 Å². The zero-order valence-corrected chi connectivity index (χ0v) is 19.8. The normalized spacial score (nSPS) is 15.0. The van der Waals surface area contributed by atoms with Crippen molar-refractivity contribution in [3.8, 4) is 17.0 Å². The van der Waals surface area contributed by atoms with Gasteiger partial charge in [0.2, 0.25) is 10.0 Å². The number of piperidine rings is 1. The van der Waals surface area contributed by atoms with Crippen molar-refractivity contribution < 1.29 is 17.9 Å². The van der Waals surface area contributed by atoms with E-state index < -0.39 is 15.9 Å². The first kappa shape index (κ1) is 22.2. The molecule has 0 spiro atoms. The molecule has 0 bridgehead atoms. The number of rotatable bonds is 6. The summed E-state index contributed by atoms with van der Waals surface area (Å²) in [6, 6.07) is 6.81. The van der Waals surface area contributed by atoms with Crippen molar-refractivity contribution >= 4 is 55.3 Å². The highest BCUT2D eigenvalue weighted by molar-refractivity contribution is 7.89. The van der Waals surface area contributed by atoms with Crippen molar-refractivity contribution in [2.24, 2.45) is 0 Å². The second kappa shape index (κ2) is 9.25. The number of anilines is 1. The third kappa shape index (κ3) is 4.63. The molecule has 1 aromatic carbocycles. The van der Waals surface area contributed by atoms with E-state index in [1.807, 2.05) is 6.07 Å². The number of sulfonamides is 1. The number of nitrogens with zero attached hydrogens (tertiary/aromatic N) is 2. The minimum absolute atomic E-state index is 0.0515. The molecule has 1 amide bonds. The molecule has 0 aliphatic carbocycles. The van der Waals surface area contributed by atoms with Crippen LogP contribution in [0.5, 0.6) is 5.75 Å². The number of aromatic nitrogens is 1. The van der Waals surface area contributed by atoms with Gasteiger partial charge in [-0.05, 0) is 42.5 Å². The fourth-order valence-electron chi connectivity index (χ4n) is 3.35. The average Bonchev–Trinajstić information content (AvgIpc) is 3.44. The Hall–Kier alpha value is -1.98. The minimum atomic E-state index is -3.70. The van der Waals surface area contributed by atoms with Crippen molar-refractivity contribution in [1.82, 2.24) is 9.29 Å². The van der Waals surface area contributed by atoms with Crippen LogP contribution >= 0.6 is 34.3 Å². The zero-order valence-electron chi connectivity index (χ0n) is 16.6. The fourth-order valence-corrected chi connectivity index (χ4v) is 7.14. The molecule has 2 aromatic heterocycles. The molecule has 1 aliphatic heterocycles.